The summed E-state index contributed by atoms with van der Waals surface area (Å²) >= 11 is 0. The predicted molar refractivity (Wildman–Crippen MR) is 133 cm³/mol. The molecule has 5 rings (SSSR count). The molecule has 39 heavy (non-hydrogen) atoms. The molecular weight excluding hydrogens is 519 g/mol. The molecule has 3 aromatic rings. The average molecular weight is 548 g/mol. The van der Waals surface area contributed by atoms with Crippen LogP contribution in [0.5, 0.6) is 5.75 Å². The second kappa shape index (κ2) is 11.9. The molecule has 1 fully saturated rings. The summed E-state index contributed by atoms with van der Waals surface area (Å²) in [5, 5.41) is 14.8. The quantitative estimate of drug-likeness (QED) is 0.464. The molecule has 2 aromatic carbocycles. The van der Waals surface area contributed by atoms with Gasteiger partial charge in [0.2, 0.25) is 0 Å². The fraction of sp³-hybridized carbons (Fsp3) is 0.370. The van der Waals surface area contributed by atoms with Gasteiger partial charge in [0.1, 0.15) is 17.7 Å². The van der Waals surface area contributed by atoms with E-state index in [-0.39, 0.29) is 18.0 Å². The van der Waals surface area contributed by atoms with Crippen LogP contribution in [-0.4, -0.2) is 69.2 Å². The Morgan fingerprint density at radius 1 is 0.974 bits per heavy atom. The molecule has 208 valence electrons. The number of imidazole rings is 1. The standard InChI is InChI=1S/C25H26F3N3O2.C2H2O4/c1-30-13-11-19(12-14-30)32-23-21-5-3-2-4-17(21)10-15-31-16-22(29-24(23)31)18-6-8-20(9-7-18)33-25(26,27)28;3-1(4)2(5)6/h2-9,16,19,23H,10-15H2,1H3;(H,3,4)(H,5,6). The molecule has 0 spiro atoms. The molecule has 9 nitrogen and oxygen atoms in total. The minimum absolute atomic E-state index is 0.157. The highest BCUT2D eigenvalue weighted by atomic mass is 19.4. The Hall–Kier alpha value is -3.90. The molecule has 12 heteroatoms. The average Bonchev–Trinajstić information content (AvgIpc) is 3.25. The van der Waals surface area contributed by atoms with Crippen molar-refractivity contribution >= 4 is 11.9 Å². The van der Waals surface area contributed by atoms with Crippen LogP contribution in [0.25, 0.3) is 11.3 Å². The van der Waals surface area contributed by atoms with Crippen LogP contribution in [-0.2, 0) is 27.3 Å². The van der Waals surface area contributed by atoms with Crippen molar-refractivity contribution < 1.29 is 42.4 Å². The number of benzene rings is 2. The topological polar surface area (TPSA) is 114 Å². The fourth-order valence-corrected chi connectivity index (χ4v) is 4.63. The van der Waals surface area contributed by atoms with Crippen molar-refractivity contribution in [1.82, 2.24) is 14.5 Å². The zero-order chi connectivity index (χ0) is 28.2. The summed E-state index contributed by atoms with van der Waals surface area (Å²) in [6.45, 7) is 2.78. The third-order valence-electron chi connectivity index (χ3n) is 6.56. The number of halogens is 3. The molecule has 1 unspecified atom stereocenters. The number of nitrogens with zero attached hydrogens (tertiary/aromatic N) is 3. The number of rotatable bonds is 4. The van der Waals surface area contributed by atoms with E-state index in [4.69, 9.17) is 29.5 Å². The Morgan fingerprint density at radius 3 is 2.23 bits per heavy atom. The van der Waals surface area contributed by atoms with Crippen LogP contribution in [0.1, 0.15) is 35.9 Å². The Labute approximate surface area is 222 Å². The molecule has 2 N–H and O–H groups in total. The number of hydrogen-bond donors (Lipinski definition) is 2. The molecule has 0 saturated carbocycles. The highest BCUT2D eigenvalue weighted by Crippen LogP contribution is 2.36. The van der Waals surface area contributed by atoms with Crippen LogP contribution in [0.4, 0.5) is 13.2 Å². The van der Waals surface area contributed by atoms with Gasteiger partial charge in [0.05, 0.1) is 11.8 Å². The van der Waals surface area contributed by atoms with Gasteiger partial charge in [-0.1, -0.05) is 24.3 Å². The lowest BCUT2D eigenvalue weighted by molar-refractivity contribution is -0.274. The van der Waals surface area contributed by atoms with Gasteiger partial charge in [-0.3, -0.25) is 0 Å². The third kappa shape index (κ3) is 7.36. The molecule has 2 aliphatic rings. The van der Waals surface area contributed by atoms with Gasteiger partial charge in [-0.05, 0) is 61.7 Å². The van der Waals surface area contributed by atoms with E-state index in [1.807, 2.05) is 12.3 Å². The number of alkyl halides is 3. The first-order chi connectivity index (χ1) is 18.5. The molecule has 0 aliphatic carbocycles. The summed E-state index contributed by atoms with van der Waals surface area (Å²) in [6.07, 6.45) is -0.0500. The largest absolute Gasteiger partial charge is 0.573 e. The van der Waals surface area contributed by atoms with Gasteiger partial charge < -0.3 is 29.2 Å². The van der Waals surface area contributed by atoms with E-state index in [0.29, 0.717) is 5.69 Å². The number of likely N-dealkylation sites (tertiary alicyclic amines) is 1. The normalized spacial score (nSPS) is 17.7. The molecule has 0 amide bonds. The van der Waals surface area contributed by atoms with Crippen molar-refractivity contribution in [2.45, 2.75) is 44.4 Å². The zero-order valence-electron chi connectivity index (χ0n) is 21.1. The minimum Gasteiger partial charge on any atom is -0.473 e. The Kier molecular flexibility index (Phi) is 8.56. The molecule has 1 saturated heterocycles. The highest BCUT2D eigenvalue weighted by molar-refractivity contribution is 6.27. The van der Waals surface area contributed by atoms with Crippen LogP contribution in [0, 0.1) is 0 Å². The number of carbonyl (C=O) groups is 2. The van der Waals surface area contributed by atoms with E-state index in [1.165, 1.54) is 17.7 Å². The number of fused-ring (bicyclic) bond motifs is 2. The monoisotopic (exact) mass is 547 g/mol. The number of carboxylic acids is 2. The van der Waals surface area contributed by atoms with E-state index in [1.54, 1.807) is 12.1 Å². The fourth-order valence-electron chi connectivity index (χ4n) is 4.63. The molecular formula is C27H28F3N3O6. The lowest BCUT2D eigenvalue weighted by atomic mass is 10.00. The molecule has 0 bridgehead atoms. The summed E-state index contributed by atoms with van der Waals surface area (Å²) in [7, 11) is 2.13. The molecule has 2 aliphatic heterocycles. The van der Waals surface area contributed by atoms with Gasteiger partial charge >= 0.3 is 18.3 Å². The predicted octanol–water partition coefficient (Wildman–Crippen LogP) is 4.36. The van der Waals surface area contributed by atoms with Crippen molar-refractivity contribution in [3.63, 3.8) is 0 Å². The van der Waals surface area contributed by atoms with Crippen molar-refractivity contribution in [2.24, 2.45) is 0 Å². The number of aromatic nitrogens is 2. The molecule has 3 heterocycles. The van der Waals surface area contributed by atoms with E-state index in [9.17, 15) is 13.2 Å². The van der Waals surface area contributed by atoms with Gasteiger partial charge in [0.25, 0.3) is 0 Å². The van der Waals surface area contributed by atoms with E-state index < -0.39 is 18.3 Å². The maximum absolute atomic E-state index is 12.5. The molecule has 1 aromatic heterocycles. The smallest absolute Gasteiger partial charge is 0.473 e. The molecule has 1 atom stereocenters. The molecule has 0 radical (unpaired) electrons. The van der Waals surface area contributed by atoms with Gasteiger partial charge in [-0.25, -0.2) is 14.6 Å². The van der Waals surface area contributed by atoms with Crippen molar-refractivity contribution in [1.29, 1.82) is 0 Å². The van der Waals surface area contributed by atoms with E-state index in [0.717, 1.165) is 55.8 Å². The zero-order valence-corrected chi connectivity index (χ0v) is 21.1. The van der Waals surface area contributed by atoms with Crippen molar-refractivity contribution in [2.75, 3.05) is 20.1 Å². The van der Waals surface area contributed by atoms with Gasteiger partial charge in [0.15, 0.2) is 0 Å². The maximum Gasteiger partial charge on any atom is 0.573 e. The number of aryl methyl sites for hydroxylation is 2. The second-order valence-electron chi connectivity index (χ2n) is 9.33. The number of hydrogen-bond acceptors (Lipinski definition) is 6. The number of carboxylic acid groups (broad SMARTS) is 2. The summed E-state index contributed by atoms with van der Waals surface area (Å²) in [4.78, 5) is 25.4. The lowest BCUT2D eigenvalue weighted by Crippen LogP contribution is -2.35. The van der Waals surface area contributed by atoms with E-state index in [2.05, 4.69) is 39.5 Å². The van der Waals surface area contributed by atoms with Gasteiger partial charge in [-0.15, -0.1) is 13.2 Å². The number of ether oxygens (including phenoxy) is 2. The van der Waals surface area contributed by atoms with Crippen LogP contribution in [0.2, 0.25) is 0 Å². The number of aliphatic carboxylic acids is 2. The maximum atomic E-state index is 12.5. The SMILES string of the molecule is CN1CCC(OC2c3ccccc3CCn3cc(-c4ccc(OC(F)(F)F)cc4)nc32)CC1.O=C(O)C(=O)O. The van der Waals surface area contributed by atoms with Gasteiger partial charge in [0, 0.05) is 31.4 Å². The van der Waals surface area contributed by atoms with Crippen LogP contribution >= 0.6 is 0 Å². The Morgan fingerprint density at radius 2 is 1.62 bits per heavy atom. The van der Waals surface area contributed by atoms with Gasteiger partial charge in [-0.2, -0.15) is 0 Å². The van der Waals surface area contributed by atoms with E-state index >= 15 is 0 Å². The third-order valence-corrected chi connectivity index (χ3v) is 6.56. The first-order valence-electron chi connectivity index (χ1n) is 12.3. The Bertz CT molecular complexity index is 1290. The number of piperidine rings is 1. The second-order valence-corrected chi connectivity index (χ2v) is 9.33. The first kappa shape index (κ1) is 28.1. The minimum atomic E-state index is -4.71. The van der Waals surface area contributed by atoms with Crippen molar-refractivity contribution in [3.8, 4) is 17.0 Å². The Balaban J connectivity index is 0.000000531. The van der Waals surface area contributed by atoms with Crippen LogP contribution in [0.15, 0.2) is 54.7 Å². The summed E-state index contributed by atoms with van der Waals surface area (Å²) < 4.78 is 50.2. The summed E-state index contributed by atoms with van der Waals surface area (Å²) in [6, 6.07) is 14.2. The lowest BCUT2D eigenvalue weighted by Gasteiger charge is -2.32. The first-order valence-corrected chi connectivity index (χ1v) is 12.3. The summed E-state index contributed by atoms with van der Waals surface area (Å²) in [5.74, 6) is -3.06. The summed E-state index contributed by atoms with van der Waals surface area (Å²) in [5.41, 5.74) is 3.84. The van der Waals surface area contributed by atoms with Crippen LogP contribution in [0.3, 0.4) is 0 Å². The van der Waals surface area contributed by atoms with Crippen molar-refractivity contribution in [3.05, 3.63) is 71.7 Å². The van der Waals surface area contributed by atoms with Crippen LogP contribution < -0.4 is 4.74 Å². The highest BCUT2D eigenvalue weighted by Gasteiger charge is 2.32.